The summed E-state index contributed by atoms with van der Waals surface area (Å²) in [5.74, 6) is 0. The number of benzene rings is 2. The van der Waals surface area contributed by atoms with Crippen molar-refractivity contribution in [2.75, 3.05) is 4.90 Å². The third-order valence-electron chi connectivity index (χ3n) is 5.23. The lowest BCUT2D eigenvalue weighted by atomic mass is 9.87. The third-order valence-corrected chi connectivity index (χ3v) is 5.23. The van der Waals surface area contributed by atoms with Crippen LogP contribution in [0.25, 0.3) is 10.9 Å². The zero-order valence-electron chi connectivity index (χ0n) is 14.3. The molecular weight excluding hydrogens is 280 g/mol. The Labute approximate surface area is 138 Å². The molecule has 0 spiro atoms. The molecule has 0 fully saturated rings. The van der Waals surface area contributed by atoms with Crippen molar-refractivity contribution >= 4 is 16.6 Å². The molecule has 2 heteroatoms. The molecule has 0 N–H and O–H groups in total. The van der Waals surface area contributed by atoms with E-state index in [1.165, 1.54) is 33.3 Å². The smallest absolute Gasteiger partial charge is 0.225 e. The molecule has 0 atom stereocenters. The molecule has 3 aromatic rings. The summed E-state index contributed by atoms with van der Waals surface area (Å²) in [7, 11) is 0. The Hall–Kier alpha value is -2.35. The lowest BCUT2D eigenvalue weighted by Crippen LogP contribution is -2.57. The molecule has 0 saturated carbocycles. The first-order valence-electron chi connectivity index (χ1n) is 8.25. The minimum absolute atomic E-state index is 0.0439. The van der Waals surface area contributed by atoms with Crippen LogP contribution in [0.5, 0.6) is 0 Å². The quantitative estimate of drug-likeness (QED) is 0.602. The minimum Gasteiger partial charge on any atom is -0.307 e. The summed E-state index contributed by atoms with van der Waals surface area (Å²) in [5.41, 5.74) is 6.75. The maximum atomic E-state index is 2.54. The van der Waals surface area contributed by atoms with Crippen LogP contribution in [0.2, 0.25) is 0 Å². The summed E-state index contributed by atoms with van der Waals surface area (Å²) in [4.78, 5) is 2.54. The van der Waals surface area contributed by atoms with Gasteiger partial charge in [0.1, 0.15) is 0 Å². The van der Waals surface area contributed by atoms with Gasteiger partial charge in [-0.05, 0) is 57.0 Å². The number of anilines is 1. The molecule has 0 bridgehead atoms. The summed E-state index contributed by atoms with van der Waals surface area (Å²) in [6.45, 7) is 9.98. The molecule has 1 aliphatic rings. The molecule has 1 aromatic heterocycles. The van der Waals surface area contributed by atoms with E-state index in [9.17, 15) is 0 Å². The fraction of sp³-hybridized carbons (Fsp3) is 0.286. The van der Waals surface area contributed by atoms with Gasteiger partial charge in [0.2, 0.25) is 12.2 Å². The molecule has 23 heavy (non-hydrogen) atoms. The second-order valence-corrected chi connectivity index (χ2v) is 7.09. The lowest BCUT2D eigenvalue weighted by Gasteiger charge is -2.42. The van der Waals surface area contributed by atoms with Gasteiger partial charge in [0.05, 0.1) is 5.54 Å². The van der Waals surface area contributed by atoms with Crippen molar-refractivity contribution in [2.24, 2.45) is 0 Å². The van der Waals surface area contributed by atoms with E-state index in [2.05, 4.69) is 91.9 Å². The number of aromatic nitrogens is 1. The zero-order valence-corrected chi connectivity index (χ0v) is 14.3. The Kier molecular flexibility index (Phi) is 2.99. The number of aryl methyl sites for hydroxylation is 2. The predicted molar refractivity (Wildman–Crippen MR) is 95.6 cm³/mol. The van der Waals surface area contributed by atoms with Crippen molar-refractivity contribution in [3.05, 3.63) is 71.4 Å². The highest BCUT2D eigenvalue weighted by atomic mass is 15.3. The molecule has 1 aliphatic heterocycles. The number of hydrogen-bond donors (Lipinski definition) is 0. The largest absolute Gasteiger partial charge is 0.307 e. The van der Waals surface area contributed by atoms with Gasteiger partial charge in [0.15, 0.2) is 6.20 Å². The molecule has 0 aliphatic carbocycles. The summed E-state index contributed by atoms with van der Waals surface area (Å²) in [5, 5.41) is 1.32. The van der Waals surface area contributed by atoms with Crippen LogP contribution in [0.15, 0.2) is 54.7 Å². The molecule has 2 heterocycles. The number of rotatable bonds is 1. The van der Waals surface area contributed by atoms with Crippen LogP contribution in [0.3, 0.4) is 0 Å². The highest BCUT2D eigenvalue weighted by Gasteiger charge is 2.40. The first kappa shape index (κ1) is 14.3. The lowest BCUT2D eigenvalue weighted by molar-refractivity contribution is -0.675. The Morgan fingerprint density at radius 2 is 1.57 bits per heavy atom. The van der Waals surface area contributed by atoms with Gasteiger partial charge in [-0.25, -0.2) is 0 Å². The van der Waals surface area contributed by atoms with E-state index in [1.54, 1.807) is 0 Å². The number of para-hydroxylation sites is 2. The van der Waals surface area contributed by atoms with Gasteiger partial charge in [-0.1, -0.05) is 24.3 Å². The first-order valence-corrected chi connectivity index (χ1v) is 8.25. The fourth-order valence-electron chi connectivity index (χ4n) is 4.01. The van der Waals surface area contributed by atoms with Gasteiger partial charge in [0.25, 0.3) is 0 Å². The van der Waals surface area contributed by atoms with Gasteiger partial charge in [-0.15, -0.1) is 0 Å². The first-order chi connectivity index (χ1) is 11.0. The van der Waals surface area contributed by atoms with Crippen LogP contribution in [-0.2, 0) is 12.2 Å². The summed E-state index contributed by atoms with van der Waals surface area (Å²) >= 11 is 0. The molecule has 0 radical (unpaired) electrons. The third kappa shape index (κ3) is 1.98. The average Bonchev–Trinajstić information content (AvgIpc) is 2.52. The van der Waals surface area contributed by atoms with Crippen molar-refractivity contribution in [3.63, 3.8) is 0 Å². The Morgan fingerprint density at radius 3 is 2.30 bits per heavy atom. The normalized spacial score (nSPS) is 15.9. The van der Waals surface area contributed by atoms with Gasteiger partial charge >= 0.3 is 0 Å². The maximum absolute atomic E-state index is 2.54. The Morgan fingerprint density at radius 1 is 0.913 bits per heavy atom. The topological polar surface area (TPSA) is 7.12 Å². The van der Waals surface area contributed by atoms with Crippen LogP contribution in [0.4, 0.5) is 5.69 Å². The molecule has 2 aromatic carbocycles. The Bertz CT molecular complexity index is 883. The van der Waals surface area contributed by atoms with Crippen LogP contribution in [-0.4, -0.2) is 0 Å². The summed E-state index contributed by atoms with van der Waals surface area (Å²) < 4.78 is 2.38. The summed E-state index contributed by atoms with van der Waals surface area (Å²) in [6.07, 6.45) is 2.20. The van der Waals surface area contributed by atoms with Crippen molar-refractivity contribution < 1.29 is 4.57 Å². The van der Waals surface area contributed by atoms with E-state index in [0.29, 0.717) is 0 Å². The molecule has 0 unspecified atom stereocenters. The van der Waals surface area contributed by atoms with E-state index in [-0.39, 0.29) is 5.54 Å². The highest BCUT2D eigenvalue weighted by molar-refractivity contribution is 5.81. The molecule has 0 saturated heterocycles. The van der Waals surface area contributed by atoms with Gasteiger partial charge in [-0.3, -0.25) is 0 Å². The van der Waals surface area contributed by atoms with Crippen LogP contribution >= 0.6 is 0 Å². The molecule has 2 nitrogen and oxygen atoms in total. The van der Waals surface area contributed by atoms with Gasteiger partial charge in [-0.2, -0.15) is 4.57 Å². The number of nitrogens with zero attached hydrogens (tertiary/aromatic N) is 2. The van der Waals surface area contributed by atoms with Gasteiger partial charge < -0.3 is 4.90 Å². The van der Waals surface area contributed by atoms with E-state index >= 15 is 0 Å². The Balaban J connectivity index is 2.00. The van der Waals surface area contributed by atoms with E-state index in [0.717, 1.165) is 6.67 Å². The van der Waals surface area contributed by atoms with Crippen LogP contribution < -0.4 is 9.47 Å². The SMILES string of the molecule is Cc1cccc(C)c1N1C[n+]2cccc3cccc(c32)C1(C)C. The van der Waals surface area contributed by atoms with Crippen molar-refractivity contribution in [1.29, 1.82) is 0 Å². The zero-order chi connectivity index (χ0) is 16.2. The molecule has 0 amide bonds. The minimum atomic E-state index is -0.0439. The highest BCUT2D eigenvalue weighted by Crippen LogP contribution is 2.40. The van der Waals surface area contributed by atoms with Crippen molar-refractivity contribution in [2.45, 2.75) is 39.9 Å². The second kappa shape index (κ2) is 4.82. The maximum Gasteiger partial charge on any atom is 0.225 e. The van der Waals surface area contributed by atoms with Gasteiger partial charge in [0, 0.05) is 22.7 Å². The monoisotopic (exact) mass is 303 g/mol. The molecule has 4 rings (SSSR count). The van der Waals surface area contributed by atoms with E-state index in [4.69, 9.17) is 0 Å². The number of pyridine rings is 1. The average molecular weight is 303 g/mol. The standard InChI is InChI=1S/C21H23N2/c1-15-8-5-9-16(2)19(15)23-14-22-13-7-11-17-10-6-12-18(20(17)22)21(23,3)4/h5-13H,14H2,1-4H3/q+1. The van der Waals surface area contributed by atoms with E-state index in [1.807, 2.05) is 0 Å². The van der Waals surface area contributed by atoms with Crippen molar-refractivity contribution in [3.8, 4) is 0 Å². The summed E-state index contributed by atoms with van der Waals surface area (Å²) in [6, 6.07) is 17.6. The predicted octanol–water partition coefficient (Wildman–Crippen LogP) is 4.46. The molecule has 116 valence electrons. The van der Waals surface area contributed by atoms with Crippen LogP contribution in [0, 0.1) is 13.8 Å². The van der Waals surface area contributed by atoms with E-state index < -0.39 is 0 Å². The van der Waals surface area contributed by atoms with Crippen molar-refractivity contribution in [1.82, 2.24) is 0 Å². The number of hydrogen-bond acceptors (Lipinski definition) is 1. The second-order valence-electron chi connectivity index (χ2n) is 7.09. The fourth-order valence-corrected chi connectivity index (χ4v) is 4.01. The van der Waals surface area contributed by atoms with Crippen LogP contribution in [0.1, 0.15) is 30.5 Å². The molecular formula is C21H23N2+.